The van der Waals surface area contributed by atoms with Crippen molar-refractivity contribution in [2.75, 3.05) is 13.7 Å². The van der Waals surface area contributed by atoms with Crippen LogP contribution >= 0.6 is 0 Å². The quantitative estimate of drug-likeness (QED) is 0.827. The summed E-state index contributed by atoms with van der Waals surface area (Å²) in [6.07, 6.45) is 2.69. The van der Waals surface area contributed by atoms with Gasteiger partial charge in [-0.3, -0.25) is 4.79 Å². The zero-order chi connectivity index (χ0) is 13.3. The van der Waals surface area contributed by atoms with Gasteiger partial charge in [0, 0.05) is 13.2 Å². The van der Waals surface area contributed by atoms with E-state index in [9.17, 15) is 9.90 Å². The number of aliphatic hydroxyl groups is 2. The molecule has 1 aliphatic rings. The summed E-state index contributed by atoms with van der Waals surface area (Å²) in [5.41, 5.74) is 2.50. The van der Waals surface area contributed by atoms with Crippen LogP contribution in [0.3, 0.4) is 0 Å². The van der Waals surface area contributed by atoms with E-state index < -0.39 is 6.10 Å². The predicted octanol–water partition coefficient (Wildman–Crippen LogP) is 1.26. The van der Waals surface area contributed by atoms with Crippen molar-refractivity contribution in [1.82, 2.24) is 4.90 Å². The first kappa shape index (κ1) is 12.8. The zero-order valence-electron chi connectivity index (χ0n) is 10.5. The fourth-order valence-electron chi connectivity index (χ4n) is 2.15. The molecule has 1 amide bonds. The van der Waals surface area contributed by atoms with E-state index in [2.05, 4.69) is 0 Å². The standard InChI is InChI=1S/C14H17NO3/c1-9-12-4-3-11(13(17)8-16)7-10(12)5-6-15(2)14(9)18/h3-7,9,13,16-17H,8H2,1-2H3/t9-,13?/m1/s1. The molecule has 0 saturated carbocycles. The second-order valence-electron chi connectivity index (χ2n) is 4.57. The van der Waals surface area contributed by atoms with Gasteiger partial charge in [0.2, 0.25) is 5.91 Å². The van der Waals surface area contributed by atoms with Gasteiger partial charge < -0.3 is 15.1 Å². The number of carbonyl (C=O) groups is 1. The first-order valence-electron chi connectivity index (χ1n) is 5.92. The number of hydrogen-bond acceptors (Lipinski definition) is 3. The third-order valence-corrected chi connectivity index (χ3v) is 3.33. The Morgan fingerprint density at radius 2 is 2.17 bits per heavy atom. The Morgan fingerprint density at radius 1 is 1.44 bits per heavy atom. The molecule has 4 heteroatoms. The second-order valence-corrected chi connectivity index (χ2v) is 4.57. The molecule has 1 heterocycles. The Labute approximate surface area is 106 Å². The van der Waals surface area contributed by atoms with E-state index in [1.54, 1.807) is 24.2 Å². The number of likely N-dealkylation sites (N-methyl/N-ethyl adjacent to an activating group) is 1. The number of aliphatic hydroxyl groups excluding tert-OH is 2. The second kappa shape index (κ2) is 4.92. The molecule has 96 valence electrons. The Hall–Kier alpha value is -1.65. The third kappa shape index (κ3) is 2.17. The van der Waals surface area contributed by atoms with Crippen molar-refractivity contribution < 1.29 is 15.0 Å². The van der Waals surface area contributed by atoms with E-state index in [-0.39, 0.29) is 18.4 Å². The molecule has 0 radical (unpaired) electrons. The maximum atomic E-state index is 12.0. The van der Waals surface area contributed by atoms with Gasteiger partial charge in [-0.1, -0.05) is 12.1 Å². The number of fused-ring (bicyclic) bond motifs is 1. The molecule has 0 aliphatic carbocycles. The highest BCUT2D eigenvalue weighted by Crippen LogP contribution is 2.28. The van der Waals surface area contributed by atoms with Gasteiger partial charge in [-0.05, 0) is 35.8 Å². The van der Waals surface area contributed by atoms with Crippen LogP contribution in [0.1, 0.15) is 35.6 Å². The predicted molar refractivity (Wildman–Crippen MR) is 68.7 cm³/mol. The Balaban J connectivity index is 2.47. The van der Waals surface area contributed by atoms with Crippen LogP contribution in [0.15, 0.2) is 24.4 Å². The highest BCUT2D eigenvalue weighted by atomic mass is 16.3. The van der Waals surface area contributed by atoms with Crippen molar-refractivity contribution in [3.8, 4) is 0 Å². The average Bonchev–Trinajstić information content (AvgIpc) is 2.50. The molecule has 2 rings (SSSR count). The summed E-state index contributed by atoms with van der Waals surface area (Å²) < 4.78 is 0. The van der Waals surface area contributed by atoms with E-state index in [0.717, 1.165) is 11.1 Å². The molecule has 2 N–H and O–H groups in total. The van der Waals surface area contributed by atoms with Gasteiger partial charge >= 0.3 is 0 Å². The summed E-state index contributed by atoms with van der Waals surface area (Å²) in [5, 5.41) is 18.6. The van der Waals surface area contributed by atoms with Gasteiger partial charge in [0.15, 0.2) is 0 Å². The van der Waals surface area contributed by atoms with Crippen LogP contribution < -0.4 is 0 Å². The molecular weight excluding hydrogens is 230 g/mol. The van der Waals surface area contributed by atoms with E-state index in [0.29, 0.717) is 5.56 Å². The van der Waals surface area contributed by atoms with Crippen molar-refractivity contribution in [3.05, 3.63) is 41.1 Å². The molecule has 0 spiro atoms. The normalized spacial score (nSPS) is 20.6. The summed E-state index contributed by atoms with van der Waals surface area (Å²) in [4.78, 5) is 13.5. The molecular formula is C14H17NO3. The van der Waals surface area contributed by atoms with Gasteiger partial charge in [0.25, 0.3) is 0 Å². The summed E-state index contributed by atoms with van der Waals surface area (Å²) in [5.74, 6) is -0.166. The lowest BCUT2D eigenvalue weighted by Crippen LogP contribution is -2.24. The number of amides is 1. The van der Waals surface area contributed by atoms with Gasteiger partial charge in [-0.15, -0.1) is 0 Å². The van der Waals surface area contributed by atoms with Crippen LogP contribution in [0, 0.1) is 0 Å². The first-order chi connectivity index (χ1) is 8.54. The Bertz CT molecular complexity index is 496. The zero-order valence-corrected chi connectivity index (χ0v) is 10.5. The Kier molecular flexibility index (Phi) is 3.50. The number of carbonyl (C=O) groups excluding carboxylic acids is 1. The smallest absolute Gasteiger partial charge is 0.233 e. The highest BCUT2D eigenvalue weighted by molar-refractivity contribution is 5.87. The monoisotopic (exact) mass is 247 g/mol. The third-order valence-electron chi connectivity index (χ3n) is 3.33. The van der Waals surface area contributed by atoms with Crippen LogP contribution in [-0.4, -0.2) is 34.7 Å². The molecule has 0 fully saturated rings. The largest absolute Gasteiger partial charge is 0.393 e. The van der Waals surface area contributed by atoms with Gasteiger partial charge in [-0.2, -0.15) is 0 Å². The van der Waals surface area contributed by atoms with Crippen LogP contribution in [0.5, 0.6) is 0 Å². The number of benzene rings is 1. The van der Waals surface area contributed by atoms with Gasteiger partial charge in [-0.25, -0.2) is 0 Å². The molecule has 0 aromatic heterocycles. The van der Waals surface area contributed by atoms with Crippen molar-refractivity contribution in [2.24, 2.45) is 0 Å². The number of hydrogen-bond donors (Lipinski definition) is 2. The SMILES string of the molecule is C[C@H]1C(=O)N(C)C=Cc2cc(C(O)CO)ccc21. The maximum Gasteiger partial charge on any atom is 0.233 e. The van der Waals surface area contributed by atoms with Gasteiger partial charge in [0.1, 0.15) is 6.10 Å². The summed E-state index contributed by atoms with van der Waals surface area (Å²) in [6.45, 7) is 1.56. The fourth-order valence-corrected chi connectivity index (χ4v) is 2.15. The molecule has 1 unspecified atom stereocenters. The van der Waals surface area contributed by atoms with Crippen LogP contribution in [0.2, 0.25) is 0 Å². The summed E-state index contributed by atoms with van der Waals surface area (Å²) in [6, 6.07) is 5.41. The van der Waals surface area contributed by atoms with Crippen LogP contribution in [0.4, 0.5) is 0 Å². The van der Waals surface area contributed by atoms with E-state index >= 15 is 0 Å². The molecule has 4 nitrogen and oxygen atoms in total. The van der Waals surface area contributed by atoms with Crippen LogP contribution in [0.25, 0.3) is 6.08 Å². The highest BCUT2D eigenvalue weighted by Gasteiger charge is 2.23. The minimum absolute atomic E-state index is 0.0421. The molecule has 1 aromatic rings. The summed E-state index contributed by atoms with van der Waals surface area (Å²) >= 11 is 0. The molecule has 1 aliphatic heterocycles. The van der Waals surface area contributed by atoms with E-state index in [4.69, 9.17) is 5.11 Å². The van der Waals surface area contributed by atoms with Gasteiger partial charge in [0.05, 0.1) is 12.5 Å². The fraction of sp³-hybridized carbons (Fsp3) is 0.357. The number of rotatable bonds is 2. The lowest BCUT2D eigenvalue weighted by atomic mass is 9.93. The molecule has 2 atom stereocenters. The summed E-state index contributed by atoms with van der Waals surface area (Å²) in [7, 11) is 1.73. The lowest BCUT2D eigenvalue weighted by molar-refractivity contribution is -0.128. The number of nitrogens with zero attached hydrogens (tertiary/aromatic N) is 1. The lowest BCUT2D eigenvalue weighted by Gasteiger charge is -2.17. The maximum absolute atomic E-state index is 12.0. The molecule has 0 bridgehead atoms. The molecule has 18 heavy (non-hydrogen) atoms. The van der Waals surface area contributed by atoms with Crippen molar-refractivity contribution in [1.29, 1.82) is 0 Å². The molecule has 0 saturated heterocycles. The van der Waals surface area contributed by atoms with E-state index in [1.165, 1.54) is 0 Å². The van der Waals surface area contributed by atoms with Crippen molar-refractivity contribution in [3.63, 3.8) is 0 Å². The first-order valence-corrected chi connectivity index (χ1v) is 5.92. The van der Waals surface area contributed by atoms with Crippen LogP contribution in [-0.2, 0) is 4.79 Å². The minimum atomic E-state index is -0.879. The van der Waals surface area contributed by atoms with E-state index in [1.807, 2.05) is 25.1 Å². The average molecular weight is 247 g/mol. The topological polar surface area (TPSA) is 60.8 Å². The minimum Gasteiger partial charge on any atom is -0.393 e. The molecule has 1 aromatic carbocycles. The van der Waals surface area contributed by atoms with Crippen molar-refractivity contribution >= 4 is 12.0 Å². The Morgan fingerprint density at radius 3 is 2.83 bits per heavy atom. The van der Waals surface area contributed by atoms with Crippen molar-refractivity contribution in [2.45, 2.75) is 18.9 Å².